The molecule has 0 aliphatic rings. The molecule has 3 unspecified atom stereocenters. The van der Waals surface area contributed by atoms with Crippen molar-refractivity contribution in [2.24, 2.45) is 17.6 Å². The smallest absolute Gasteiger partial charge is 0.747 e. The molecule has 0 aliphatic heterocycles. The number of carbonyl (C=O) groups excluding carboxylic acids is 2. The molecule has 33 heavy (non-hydrogen) atoms. The summed E-state index contributed by atoms with van der Waals surface area (Å²) in [7, 11) is -5.01. The average molecular weight is 506 g/mol. The molecule has 3 N–H and O–H groups in total. The van der Waals surface area contributed by atoms with Crippen molar-refractivity contribution >= 4 is 22.1 Å². The minimum Gasteiger partial charge on any atom is -0.747 e. The van der Waals surface area contributed by atoms with Crippen LogP contribution >= 0.6 is 0 Å². The van der Waals surface area contributed by atoms with Gasteiger partial charge in [-0.05, 0) is 24.7 Å². The summed E-state index contributed by atoms with van der Waals surface area (Å²) in [5.41, 5.74) is 4.78. The van der Waals surface area contributed by atoms with Crippen molar-refractivity contribution in [2.45, 2.75) is 90.7 Å². The average Bonchev–Trinajstić information content (AvgIpc) is 2.76. The molecular weight excluding hydrogens is 461 g/mol. The zero-order chi connectivity index (χ0) is 25.0. The van der Waals surface area contributed by atoms with Crippen LogP contribution in [0.3, 0.4) is 0 Å². The second-order valence-electron chi connectivity index (χ2n) is 7.84. The van der Waals surface area contributed by atoms with Gasteiger partial charge in [-0.1, -0.05) is 66.2 Å². The Labute approximate surface area is 222 Å². The molecule has 0 spiro atoms. The van der Waals surface area contributed by atoms with E-state index in [1.807, 2.05) is 13.8 Å². The maximum atomic E-state index is 12.1. The normalized spacial score (nSPS) is 13.5. The van der Waals surface area contributed by atoms with Crippen LogP contribution in [-0.2, 0) is 29.2 Å². The van der Waals surface area contributed by atoms with Crippen LogP contribution in [-0.4, -0.2) is 61.6 Å². The van der Waals surface area contributed by atoms with Crippen molar-refractivity contribution in [3.63, 3.8) is 0 Å². The van der Waals surface area contributed by atoms with Crippen LogP contribution in [0.5, 0.6) is 0 Å². The summed E-state index contributed by atoms with van der Waals surface area (Å²) in [5, 5.41) is 5.69. The summed E-state index contributed by atoms with van der Waals surface area (Å²) < 4.78 is 44.6. The molecule has 0 aromatic heterocycles. The fraction of sp³-hybridized carbons (Fsp3) is 0.909. The Hall–Kier alpha value is -0.230. The van der Waals surface area contributed by atoms with Crippen molar-refractivity contribution in [1.82, 2.24) is 0 Å². The van der Waals surface area contributed by atoms with E-state index in [9.17, 15) is 22.6 Å². The van der Waals surface area contributed by atoms with Gasteiger partial charge in [-0.25, -0.2) is 8.42 Å². The molecule has 0 aromatic carbocycles. The Morgan fingerprint density at radius 2 is 1.36 bits per heavy atom. The van der Waals surface area contributed by atoms with Gasteiger partial charge in [-0.2, -0.15) is 0 Å². The van der Waals surface area contributed by atoms with Crippen molar-refractivity contribution in [3.05, 3.63) is 0 Å². The van der Waals surface area contributed by atoms with Gasteiger partial charge in [0.1, 0.15) is 10.1 Å². The zero-order valence-electron chi connectivity index (χ0n) is 21.2. The van der Waals surface area contributed by atoms with Crippen LogP contribution in [0.1, 0.15) is 85.5 Å². The Morgan fingerprint density at radius 3 is 1.70 bits per heavy atom. The first-order valence-corrected chi connectivity index (χ1v) is 13.2. The molecule has 0 rings (SSSR count). The van der Waals surface area contributed by atoms with Gasteiger partial charge in [0, 0.05) is 6.54 Å². The molecule has 0 aliphatic carbocycles. The SMILES string of the molecule is CCCCC(CC)COC(=O)CC(C(=O)OCC(CC)CCCC)S(=O)(=O)[O-].NCCO.[Na+]. The van der Waals surface area contributed by atoms with Gasteiger partial charge in [0.05, 0.1) is 26.2 Å². The number of rotatable bonds is 17. The third-order valence-corrected chi connectivity index (χ3v) is 6.18. The molecule has 192 valence electrons. The van der Waals surface area contributed by atoms with Gasteiger partial charge < -0.3 is 24.9 Å². The Balaban J connectivity index is -0.00000165. The molecule has 3 atom stereocenters. The molecule has 0 bridgehead atoms. The zero-order valence-corrected chi connectivity index (χ0v) is 24.0. The van der Waals surface area contributed by atoms with E-state index in [0.29, 0.717) is 6.54 Å². The van der Waals surface area contributed by atoms with E-state index in [1.165, 1.54) is 0 Å². The van der Waals surface area contributed by atoms with E-state index in [0.717, 1.165) is 51.4 Å². The predicted octanol–water partition coefficient (Wildman–Crippen LogP) is -0.249. The summed E-state index contributed by atoms with van der Waals surface area (Å²) in [6, 6.07) is 0. The minimum atomic E-state index is -5.01. The van der Waals surface area contributed by atoms with E-state index >= 15 is 0 Å². The quantitative estimate of drug-likeness (QED) is 0.155. The van der Waals surface area contributed by atoms with Crippen molar-refractivity contribution in [3.8, 4) is 0 Å². The summed E-state index contributed by atoms with van der Waals surface area (Å²) in [6.07, 6.45) is 6.58. The maximum absolute atomic E-state index is 12.1. The third-order valence-electron chi connectivity index (χ3n) is 5.12. The van der Waals surface area contributed by atoms with Gasteiger partial charge in [0.25, 0.3) is 0 Å². The Morgan fingerprint density at radius 1 is 0.939 bits per heavy atom. The summed E-state index contributed by atoms with van der Waals surface area (Å²) in [6.45, 7) is 8.74. The first-order valence-electron chi connectivity index (χ1n) is 11.7. The van der Waals surface area contributed by atoms with E-state index in [2.05, 4.69) is 13.8 Å². The summed E-state index contributed by atoms with van der Waals surface area (Å²) >= 11 is 0. The minimum absolute atomic E-state index is 0. The van der Waals surface area contributed by atoms with Crippen molar-refractivity contribution in [2.75, 3.05) is 26.4 Å². The molecule has 11 heteroatoms. The van der Waals surface area contributed by atoms with Crippen LogP contribution in [0.15, 0.2) is 0 Å². The fourth-order valence-electron chi connectivity index (χ4n) is 2.81. The van der Waals surface area contributed by atoms with Crippen LogP contribution in [0.2, 0.25) is 0 Å². The standard InChI is InChI=1S/C20H38O7S.C2H7NO.Na/c1-5-9-11-16(7-3)14-26-19(21)13-18(28(23,24)25)20(22)27-15-17(8-4)12-10-6-2;3-1-2-4;/h16-18H,5-15H2,1-4H3,(H,23,24,25);4H,1-3H2;/q;;+1/p-1. The third kappa shape index (κ3) is 20.8. The first-order chi connectivity index (χ1) is 15.1. The molecule has 0 fully saturated rings. The Bertz CT molecular complexity index is 587. The predicted molar refractivity (Wildman–Crippen MR) is 123 cm³/mol. The van der Waals surface area contributed by atoms with Gasteiger partial charge in [0.2, 0.25) is 0 Å². The number of hydrogen-bond donors (Lipinski definition) is 2. The number of ether oxygens (including phenoxy) is 2. The number of aliphatic hydroxyl groups excluding tert-OH is 1. The molecule has 9 nitrogen and oxygen atoms in total. The topological polar surface area (TPSA) is 156 Å². The molecule has 0 radical (unpaired) electrons. The van der Waals surface area contributed by atoms with E-state index in [4.69, 9.17) is 20.3 Å². The van der Waals surface area contributed by atoms with E-state index in [-0.39, 0.29) is 61.2 Å². The maximum Gasteiger partial charge on any atom is 1.00 e. The molecule has 0 saturated heterocycles. The van der Waals surface area contributed by atoms with Gasteiger partial charge >= 0.3 is 41.5 Å². The molecule has 0 saturated carbocycles. The fourth-order valence-corrected chi connectivity index (χ4v) is 3.46. The van der Waals surface area contributed by atoms with Crippen LogP contribution < -0.4 is 35.3 Å². The Kier molecular flexibility index (Phi) is 26.6. The molecule has 0 amide bonds. The molecule has 0 heterocycles. The van der Waals surface area contributed by atoms with Crippen molar-refractivity contribution in [1.29, 1.82) is 0 Å². The number of aliphatic hydroxyl groups is 1. The van der Waals surface area contributed by atoms with Crippen molar-refractivity contribution < 1.29 is 66.7 Å². The van der Waals surface area contributed by atoms with E-state index in [1.54, 1.807) is 0 Å². The van der Waals surface area contributed by atoms with Crippen LogP contribution in [0.4, 0.5) is 0 Å². The van der Waals surface area contributed by atoms with Gasteiger partial charge in [-0.3, -0.25) is 9.59 Å². The van der Waals surface area contributed by atoms with Gasteiger partial charge in [0.15, 0.2) is 5.25 Å². The first kappa shape index (κ1) is 37.3. The number of carbonyl (C=O) groups is 2. The largest absolute Gasteiger partial charge is 1.00 e. The monoisotopic (exact) mass is 505 g/mol. The summed E-state index contributed by atoms with van der Waals surface area (Å²) in [5.74, 6) is -1.74. The molecular formula is C22H44NNaO8S. The molecule has 0 aromatic rings. The van der Waals surface area contributed by atoms with Gasteiger partial charge in [-0.15, -0.1) is 0 Å². The number of nitrogens with two attached hydrogens (primary N) is 1. The number of unbranched alkanes of at least 4 members (excludes halogenated alkanes) is 2. The van der Waals surface area contributed by atoms with Crippen LogP contribution in [0, 0.1) is 11.8 Å². The number of esters is 2. The second kappa shape index (κ2) is 23.5. The number of hydrogen-bond acceptors (Lipinski definition) is 9. The summed E-state index contributed by atoms with van der Waals surface area (Å²) in [4.78, 5) is 24.1. The second-order valence-corrected chi connectivity index (χ2v) is 9.40. The van der Waals surface area contributed by atoms with Crippen LogP contribution in [0.25, 0.3) is 0 Å². The van der Waals surface area contributed by atoms with E-state index < -0.39 is 33.7 Å².